The maximum Gasteiger partial charge on any atom is 0.288 e. The number of rotatable bonds is 6. The van der Waals surface area contributed by atoms with Gasteiger partial charge in [-0.15, -0.1) is 0 Å². The quantitative estimate of drug-likeness (QED) is 0.245. The van der Waals surface area contributed by atoms with E-state index in [1.807, 2.05) is 98.3 Å². The second kappa shape index (κ2) is 9.50. The van der Waals surface area contributed by atoms with Crippen molar-refractivity contribution in [3.05, 3.63) is 83.2 Å². The Labute approximate surface area is 199 Å². The first-order chi connectivity index (χ1) is 15.8. The van der Waals surface area contributed by atoms with Crippen LogP contribution in [0.25, 0.3) is 11.5 Å². The summed E-state index contributed by atoms with van der Waals surface area (Å²) in [7, 11) is 3.97. The van der Waals surface area contributed by atoms with Gasteiger partial charge >= 0.3 is 0 Å². The topological polar surface area (TPSA) is 57.8 Å². The smallest absolute Gasteiger partial charge is 0.288 e. The molecular formula is C26H28N3O3S+. The molecule has 7 heteroatoms. The number of hydrogen-bond acceptors (Lipinski definition) is 5. The molecule has 3 aromatic rings. The monoisotopic (exact) mass is 462 g/mol. The Balaban J connectivity index is 1.67. The van der Waals surface area contributed by atoms with Crippen molar-refractivity contribution in [3.8, 4) is 11.5 Å². The van der Waals surface area contributed by atoms with Crippen molar-refractivity contribution in [3.63, 3.8) is 0 Å². The zero-order valence-electron chi connectivity index (χ0n) is 19.3. The van der Waals surface area contributed by atoms with E-state index in [1.54, 1.807) is 0 Å². The third kappa shape index (κ3) is 4.93. The number of aryl methyl sites for hydroxylation is 2. The van der Waals surface area contributed by atoms with Gasteiger partial charge in [-0.1, -0.05) is 42.0 Å². The van der Waals surface area contributed by atoms with Crippen LogP contribution in [0.1, 0.15) is 22.3 Å². The van der Waals surface area contributed by atoms with Crippen LogP contribution < -0.4 is 24.3 Å². The Morgan fingerprint density at radius 1 is 1.03 bits per heavy atom. The summed E-state index contributed by atoms with van der Waals surface area (Å²) in [5.74, 6) is 1.59. The minimum absolute atomic E-state index is 0.123. The number of thiocarbonyl (C=S) groups is 1. The average Bonchev–Trinajstić information content (AvgIpc) is 3.26. The molecule has 1 aliphatic rings. The van der Waals surface area contributed by atoms with Gasteiger partial charge in [0.2, 0.25) is 6.79 Å². The zero-order valence-corrected chi connectivity index (χ0v) is 20.1. The number of hydrogen-bond donors (Lipinski definition) is 2. The van der Waals surface area contributed by atoms with Gasteiger partial charge in [-0.25, -0.2) is 0 Å². The number of aromatic nitrogens is 1. The molecule has 0 saturated carbocycles. The second-order valence-electron chi connectivity index (χ2n) is 8.24. The molecule has 1 aromatic heterocycles. The molecule has 0 aliphatic carbocycles. The first-order valence-electron chi connectivity index (χ1n) is 10.7. The van der Waals surface area contributed by atoms with Crippen molar-refractivity contribution in [1.82, 2.24) is 5.32 Å². The number of nitrogens with zero attached hydrogens (tertiary/aromatic N) is 2. The lowest BCUT2D eigenvalue weighted by atomic mass is 10.0. The highest BCUT2D eigenvalue weighted by Gasteiger charge is 2.25. The van der Waals surface area contributed by atoms with Crippen LogP contribution in [0, 0.1) is 13.8 Å². The molecule has 0 fully saturated rings. The minimum atomic E-state index is 0.123. The Hall–Kier alpha value is -3.58. The van der Waals surface area contributed by atoms with Crippen molar-refractivity contribution in [2.24, 2.45) is 0 Å². The van der Waals surface area contributed by atoms with Gasteiger partial charge in [0.15, 0.2) is 34.6 Å². The molecule has 0 amide bonds. The van der Waals surface area contributed by atoms with Gasteiger partial charge in [0.1, 0.15) is 0 Å². The molecule has 33 heavy (non-hydrogen) atoms. The van der Waals surface area contributed by atoms with Crippen LogP contribution in [-0.4, -0.2) is 31.0 Å². The summed E-state index contributed by atoms with van der Waals surface area (Å²) in [4.78, 5) is 2.46. The average molecular weight is 463 g/mol. The summed E-state index contributed by atoms with van der Waals surface area (Å²) >= 11 is 5.77. The molecule has 1 aliphatic heterocycles. The van der Waals surface area contributed by atoms with E-state index < -0.39 is 0 Å². The predicted octanol–water partition coefficient (Wildman–Crippen LogP) is 4.39. The molecule has 0 spiro atoms. The normalized spacial score (nSPS) is 12.8. The van der Waals surface area contributed by atoms with E-state index in [1.165, 1.54) is 0 Å². The number of fused-ring (bicyclic) bond motifs is 1. The van der Waals surface area contributed by atoms with E-state index >= 15 is 0 Å². The van der Waals surface area contributed by atoms with E-state index in [-0.39, 0.29) is 12.6 Å². The van der Waals surface area contributed by atoms with Crippen LogP contribution in [0.5, 0.6) is 11.5 Å². The van der Waals surface area contributed by atoms with E-state index in [9.17, 15) is 5.11 Å². The van der Waals surface area contributed by atoms with Gasteiger partial charge in [-0.05, 0) is 37.1 Å². The van der Waals surface area contributed by atoms with Crippen molar-refractivity contribution in [2.45, 2.75) is 20.4 Å². The van der Waals surface area contributed by atoms with Crippen molar-refractivity contribution in [1.29, 1.82) is 0 Å². The summed E-state index contributed by atoms with van der Waals surface area (Å²) in [6, 6.07) is 15.7. The van der Waals surface area contributed by atoms with E-state index in [4.69, 9.17) is 21.7 Å². The lowest BCUT2D eigenvalue weighted by molar-refractivity contribution is -0.575. The lowest BCUT2D eigenvalue weighted by Crippen LogP contribution is -2.41. The fourth-order valence-electron chi connectivity index (χ4n) is 3.74. The highest BCUT2D eigenvalue weighted by atomic mass is 32.1. The Kier molecular flexibility index (Phi) is 6.51. The number of nitrogens with one attached hydrogen (secondary N) is 1. The summed E-state index contributed by atoms with van der Waals surface area (Å²) < 4.78 is 12.7. The first kappa shape index (κ1) is 22.6. The molecule has 0 radical (unpaired) electrons. The van der Waals surface area contributed by atoms with Crippen LogP contribution in [0.3, 0.4) is 0 Å². The molecule has 2 N–H and O–H groups in total. The summed E-state index contributed by atoms with van der Waals surface area (Å²) in [6.45, 7) is 4.74. The van der Waals surface area contributed by atoms with Crippen molar-refractivity contribution < 1.29 is 19.1 Å². The van der Waals surface area contributed by atoms with Crippen LogP contribution in [-0.2, 0) is 6.54 Å². The van der Waals surface area contributed by atoms with Gasteiger partial charge in [0.25, 0.3) is 5.70 Å². The number of aliphatic hydroxyl groups excluding tert-OH is 1. The fourth-order valence-corrected chi connectivity index (χ4v) is 4.01. The van der Waals surface area contributed by atoms with Crippen LogP contribution in [0.2, 0.25) is 0 Å². The van der Waals surface area contributed by atoms with Crippen LogP contribution in [0.15, 0.2) is 60.9 Å². The highest BCUT2D eigenvalue weighted by Crippen LogP contribution is 2.32. The van der Waals surface area contributed by atoms with Gasteiger partial charge in [0, 0.05) is 44.0 Å². The van der Waals surface area contributed by atoms with E-state index in [2.05, 4.69) is 5.32 Å². The molecule has 2 aromatic carbocycles. The second-order valence-corrected chi connectivity index (χ2v) is 8.65. The number of benzene rings is 2. The predicted molar refractivity (Wildman–Crippen MR) is 135 cm³/mol. The van der Waals surface area contributed by atoms with Crippen molar-refractivity contribution in [2.75, 3.05) is 25.8 Å². The summed E-state index contributed by atoms with van der Waals surface area (Å²) in [5, 5.41) is 14.7. The molecule has 6 nitrogen and oxygen atoms in total. The maximum absolute atomic E-state index is 11.4. The fraction of sp³-hybridized carbons (Fsp3) is 0.231. The molecular weight excluding hydrogens is 434 g/mol. The van der Waals surface area contributed by atoms with Crippen LogP contribution >= 0.6 is 12.2 Å². The molecule has 0 unspecified atom stereocenters. The Morgan fingerprint density at radius 2 is 1.76 bits per heavy atom. The summed E-state index contributed by atoms with van der Waals surface area (Å²) in [6.07, 6.45) is 3.80. The highest BCUT2D eigenvalue weighted by molar-refractivity contribution is 7.81. The molecule has 4 rings (SSSR count). The van der Waals surface area contributed by atoms with Gasteiger partial charge in [-0.3, -0.25) is 0 Å². The number of aliphatic hydroxyl groups is 1. The largest absolute Gasteiger partial charge is 0.502 e. The third-order valence-corrected chi connectivity index (χ3v) is 5.89. The molecule has 0 atom stereocenters. The van der Waals surface area contributed by atoms with Gasteiger partial charge in [0.05, 0.1) is 0 Å². The zero-order chi connectivity index (χ0) is 23.5. The number of anilines is 1. The summed E-state index contributed by atoms with van der Waals surface area (Å²) in [5.41, 5.74) is 5.43. The first-order valence-corrected chi connectivity index (χ1v) is 11.1. The van der Waals surface area contributed by atoms with Gasteiger partial charge < -0.3 is 24.8 Å². The van der Waals surface area contributed by atoms with Gasteiger partial charge in [-0.2, -0.15) is 4.57 Å². The standard InChI is InChI=1S/C26H27N3O3S/c1-17-5-7-21(18(2)13-17)25(30)24(29-11-9-20(10-12-29)28(3)4)26(33)27-15-19-6-8-22-23(14-19)32-16-31-22/h5-14H,15-16H2,1-4H3,(H-,27,30,33)/p+1. The Bertz CT molecular complexity index is 1220. The molecule has 2 heterocycles. The van der Waals surface area contributed by atoms with E-state index in [0.29, 0.717) is 17.2 Å². The SMILES string of the molecule is Cc1ccc(C(O)=C(C(=S)NCc2ccc3c(c2)OCO3)[n+]2ccc(N(C)C)cc2)c(C)c1. The maximum atomic E-state index is 11.4. The lowest BCUT2D eigenvalue weighted by Gasteiger charge is -2.14. The third-order valence-electron chi connectivity index (χ3n) is 5.55. The Morgan fingerprint density at radius 3 is 2.45 bits per heavy atom. The molecule has 0 bridgehead atoms. The molecule has 170 valence electrons. The number of ether oxygens (including phenoxy) is 2. The van der Waals surface area contributed by atoms with Crippen LogP contribution in [0.4, 0.5) is 5.69 Å². The minimum Gasteiger partial charge on any atom is -0.502 e. The van der Waals surface area contributed by atoms with Crippen molar-refractivity contribution >= 4 is 34.3 Å². The molecule has 0 saturated heterocycles. The number of pyridine rings is 1. The van der Waals surface area contributed by atoms with E-state index in [0.717, 1.165) is 39.4 Å².